The minimum atomic E-state index is -0.00986. The maximum Gasteiger partial charge on any atom is 0.254 e. The first kappa shape index (κ1) is 14.6. The lowest BCUT2D eigenvalue weighted by Gasteiger charge is -2.38. The standard InChI is InChI=1S/C14H18Cl2N2O/c1-3-14(2)4-6-18(7-5-14)13(19)10-8-11(15)17-12(16)9-10/h8-9H,3-7H2,1-2H3. The minimum absolute atomic E-state index is 0.00986. The number of piperidine rings is 1. The highest BCUT2D eigenvalue weighted by molar-refractivity contribution is 6.33. The molecule has 1 fully saturated rings. The highest BCUT2D eigenvalue weighted by atomic mass is 35.5. The van der Waals surface area contributed by atoms with E-state index in [-0.39, 0.29) is 16.2 Å². The first-order valence-corrected chi connectivity index (χ1v) is 7.31. The van der Waals surface area contributed by atoms with Crippen molar-refractivity contribution in [3.05, 3.63) is 28.0 Å². The summed E-state index contributed by atoms with van der Waals surface area (Å²) < 4.78 is 0. The van der Waals surface area contributed by atoms with Crippen LogP contribution in [-0.2, 0) is 0 Å². The molecule has 0 unspecified atom stereocenters. The average Bonchev–Trinajstić information content (AvgIpc) is 2.38. The number of likely N-dealkylation sites (tertiary alicyclic amines) is 1. The summed E-state index contributed by atoms with van der Waals surface area (Å²) in [4.78, 5) is 18.1. The van der Waals surface area contributed by atoms with Crippen LogP contribution in [0.5, 0.6) is 0 Å². The van der Waals surface area contributed by atoms with Crippen LogP contribution in [0.3, 0.4) is 0 Å². The van der Waals surface area contributed by atoms with Gasteiger partial charge in [-0.1, -0.05) is 43.5 Å². The van der Waals surface area contributed by atoms with Gasteiger partial charge in [0.1, 0.15) is 10.3 Å². The zero-order valence-electron chi connectivity index (χ0n) is 11.2. The molecular formula is C14H18Cl2N2O. The lowest BCUT2D eigenvalue weighted by atomic mass is 9.78. The zero-order valence-corrected chi connectivity index (χ0v) is 12.8. The van der Waals surface area contributed by atoms with Gasteiger partial charge in [0.15, 0.2) is 0 Å². The van der Waals surface area contributed by atoms with Crippen LogP contribution < -0.4 is 0 Å². The molecule has 0 aromatic carbocycles. The van der Waals surface area contributed by atoms with E-state index in [4.69, 9.17) is 23.2 Å². The zero-order chi connectivity index (χ0) is 14.0. The molecule has 0 saturated carbocycles. The van der Waals surface area contributed by atoms with Crippen molar-refractivity contribution in [3.8, 4) is 0 Å². The van der Waals surface area contributed by atoms with Crippen molar-refractivity contribution in [1.82, 2.24) is 9.88 Å². The van der Waals surface area contributed by atoms with E-state index in [2.05, 4.69) is 18.8 Å². The number of carbonyl (C=O) groups excluding carboxylic acids is 1. The summed E-state index contributed by atoms with van der Waals surface area (Å²) in [6, 6.07) is 3.15. The Morgan fingerprint density at radius 3 is 2.32 bits per heavy atom. The third-order valence-electron chi connectivity index (χ3n) is 4.12. The first-order chi connectivity index (χ1) is 8.93. The molecule has 5 heteroatoms. The van der Waals surface area contributed by atoms with Crippen molar-refractivity contribution in [2.75, 3.05) is 13.1 Å². The molecule has 1 aromatic rings. The maximum absolute atomic E-state index is 12.4. The molecule has 0 N–H and O–H groups in total. The number of hydrogen-bond donors (Lipinski definition) is 0. The lowest BCUT2D eigenvalue weighted by Crippen LogP contribution is -2.41. The van der Waals surface area contributed by atoms with Crippen LogP contribution in [0.25, 0.3) is 0 Å². The van der Waals surface area contributed by atoms with E-state index in [0.717, 1.165) is 32.4 Å². The second-order valence-electron chi connectivity index (χ2n) is 5.46. The third kappa shape index (κ3) is 3.40. The molecule has 0 radical (unpaired) electrons. The lowest BCUT2D eigenvalue weighted by molar-refractivity contribution is 0.0600. The Bertz CT molecular complexity index is 462. The molecule has 0 atom stereocenters. The fourth-order valence-corrected chi connectivity index (χ4v) is 2.83. The van der Waals surface area contributed by atoms with E-state index in [1.165, 1.54) is 0 Å². The highest BCUT2D eigenvalue weighted by Crippen LogP contribution is 2.34. The fraction of sp³-hybridized carbons (Fsp3) is 0.571. The number of pyridine rings is 1. The molecule has 1 amide bonds. The summed E-state index contributed by atoms with van der Waals surface area (Å²) in [7, 11) is 0. The summed E-state index contributed by atoms with van der Waals surface area (Å²) in [6.45, 7) is 6.08. The molecule has 1 aliphatic rings. The van der Waals surface area contributed by atoms with Crippen LogP contribution in [0.15, 0.2) is 12.1 Å². The molecule has 104 valence electrons. The molecule has 0 aliphatic carbocycles. The van der Waals surface area contributed by atoms with E-state index < -0.39 is 0 Å². The Kier molecular flexibility index (Phi) is 4.36. The summed E-state index contributed by atoms with van der Waals surface area (Å²) >= 11 is 11.7. The summed E-state index contributed by atoms with van der Waals surface area (Å²) in [5.74, 6) is -0.00986. The van der Waals surface area contributed by atoms with Crippen LogP contribution in [0.2, 0.25) is 10.3 Å². The van der Waals surface area contributed by atoms with Crippen LogP contribution >= 0.6 is 23.2 Å². The largest absolute Gasteiger partial charge is 0.339 e. The van der Waals surface area contributed by atoms with Crippen LogP contribution in [0, 0.1) is 5.41 Å². The number of amides is 1. The van der Waals surface area contributed by atoms with Gasteiger partial charge in [-0.2, -0.15) is 0 Å². The molecule has 2 rings (SSSR count). The number of aromatic nitrogens is 1. The van der Waals surface area contributed by atoms with Gasteiger partial charge < -0.3 is 4.90 Å². The normalized spacial score (nSPS) is 18.4. The smallest absolute Gasteiger partial charge is 0.254 e. The monoisotopic (exact) mass is 300 g/mol. The Hall–Kier alpha value is -0.800. The van der Waals surface area contributed by atoms with Crippen molar-refractivity contribution >= 4 is 29.1 Å². The second kappa shape index (κ2) is 5.68. The topological polar surface area (TPSA) is 33.2 Å². The van der Waals surface area contributed by atoms with E-state index in [9.17, 15) is 4.79 Å². The van der Waals surface area contributed by atoms with Gasteiger partial charge in [0.05, 0.1) is 0 Å². The third-order valence-corrected chi connectivity index (χ3v) is 4.51. The molecule has 2 heterocycles. The Labute approximate surface area is 123 Å². The van der Waals surface area contributed by atoms with Crippen molar-refractivity contribution in [1.29, 1.82) is 0 Å². The summed E-state index contributed by atoms with van der Waals surface area (Å²) in [5.41, 5.74) is 0.884. The van der Waals surface area contributed by atoms with Crippen LogP contribution in [0.4, 0.5) is 0 Å². The van der Waals surface area contributed by atoms with Gasteiger partial charge in [0, 0.05) is 18.7 Å². The van der Waals surface area contributed by atoms with Crippen molar-refractivity contribution in [2.45, 2.75) is 33.1 Å². The number of rotatable bonds is 2. The molecule has 0 bridgehead atoms. The van der Waals surface area contributed by atoms with Gasteiger partial charge in [0.2, 0.25) is 0 Å². The van der Waals surface area contributed by atoms with Crippen molar-refractivity contribution in [3.63, 3.8) is 0 Å². The van der Waals surface area contributed by atoms with Gasteiger partial charge in [-0.3, -0.25) is 4.79 Å². The van der Waals surface area contributed by atoms with Crippen LogP contribution in [-0.4, -0.2) is 28.9 Å². The van der Waals surface area contributed by atoms with E-state index in [1.807, 2.05) is 4.90 Å². The van der Waals surface area contributed by atoms with Gasteiger partial charge in [-0.15, -0.1) is 0 Å². The van der Waals surface area contributed by atoms with Crippen molar-refractivity contribution in [2.24, 2.45) is 5.41 Å². The molecule has 0 spiro atoms. The first-order valence-electron chi connectivity index (χ1n) is 6.56. The van der Waals surface area contributed by atoms with E-state index in [0.29, 0.717) is 11.0 Å². The number of halogens is 2. The van der Waals surface area contributed by atoms with Crippen LogP contribution in [0.1, 0.15) is 43.5 Å². The predicted octanol–water partition coefficient (Wildman–Crippen LogP) is 4.04. The van der Waals surface area contributed by atoms with E-state index >= 15 is 0 Å². The maximum atomic E-state index is 12.4. The summed E-state index contributed by atoms with van der Waals surface area (Å²) in [6.07, 6.45) is 3.24. The number of hydrogen-bond acceptors (Lipinski definition) is 2. The Morgan fingerprint density at radius 1 is 1.32 bits per heavy atom. The Balaban J connectivity index is 2.09. The summed E-state index contributed by atoms with van der Waals surface area (Å²) in [5, 5.41) is 0.512. The molecule has 19 heavy (non-hydrogen) atoms. The second-order valence-corrected chi connectivity index (χ2v) is 6.23. The molecule has 1 saturated heterocycles. The predicted molar refractivity (Wildman–Crippen MR) is 77.8 cm³/mol. The number of nitrogens with zero attached hydrogens (tertiary/aromatic N) is 2. The molecule has 1 aromatic heterocycles. The van der Waals surface area contributed by atoms with Gasteiger partial charge >= 0.3 is 0 Å². The van der Waals surface area contributed by atoms with Gasteiger partial charge in [0.25, 0.3) is 5.91 Å². The highest BCUT2D eigenvalue weighted by Gasteiger charge is 2.30. The SMILES string of the molecule is CCC1(C)CCN(C(=O)c2cc(Cl)nc(Cl)c2)CC1. The quantitative estimate of drug-likeness (QED) is 0.772. The molecular weight excluding hydrogens is 283 g/mol. The molecule has 1 aliphatic heterocycles. The minimum Gasteiger partial charge on any atom is -0.339 e. The Morgan fingerprint density at radius 2 is 1.84 bits per heavy atom. The van der Waals surface area contributed by atoms with Gasteiger partial charge in [-0.25, -0.2) is 4.98 Å². The van der Waals surface area contributed by atoms with Crippen molar-refractivity contribution < 1.29 is 4.79 Å². The van der Waals surface area contributed by atoms with E-state index in [1.54, 1.807) is 12.1 Å². The average molecular weight is 301 g/mol. The molecule has 3 nitrogen and oxygen atoms in total. The number of carbonyl (C=O) groups is 1. The van der Waals surface area contributed by atoms with Gasteiger partial charge in [-0.05, 0) is 30.4 Å². The fourth-order valence-electron chi connectivity index (χ4n) is 2.37.